The number of nitrogens with zero attached hydrogens (tertiary/aromatic N) is 1. The minimum Gasteiger partial charge on any atom is -0.348 e. The van der Waals surface area contributed by atoms with Crippen molar-refractivity contribution in [3.05, 3.63) is 72.1 Å². The van der Waals surface area contributed by atoms with Crippen LogP contribution in [0.15, 0.2) is 60.9 Å². The Kier molecular flexibility index (Phi) is 5.43. The molecular formula is C17H17N3O2. The summed E-state index contributed by atoms with van der Waals surface area (Å²) in [5.74, 6) is -0.335. The maximum absolute atomic E-state index is 12.0. The molecule has 0 spiro atoms. The number of nitrogens with one attached hydrogen (secondary N) is 2. The van der Waals surface area contributed by atoms with Crippen LogP contribution in [0.2, 0.25) is 0 Å². The molecule has 1 aromatic carbocycles. The molecule has 0 atom stereocenters. The van der Waals surface area contributed by atoms with E-state index in [9.17, 15) is 9.59 Å². The van der Waals surface area contributed by atoms with Crippen molar-refractivity contribution in [1.82, 2.24) is 10.3 Å². The number of rotatable bonds is 5. The van der Waals surface area contributed by atoms with Crippen LogP contribution in [-0.2, 0) is 11.3 Å². The Bertz CT molecular complexity index is 664. The van der Waals surface area contributed by atoms with Crippen molar-refractivity contribution in [3.8, 4) is 0 Å². The highest BCUT2D eigenvalue weighted by Crippen LogP contribution is 2.11. The fraction of sp³-hybridized carbons (Fsp3) is 0.118. The van der Waals surface area contributed by atoms with Crippen LogP contribution in [-0.4, -0.2) is 16.8 Å². The van der Waals surface area contributed by atoms with Gasteiger partial charge in [-0.3, -0.25) is 14.6 Å². The number of aromatic nitrogens is 1. The molecule has 2 rings (SSSR count). The van der Waals surface area contributed by atoms with Crippen LogP contribution in [0.3, 0.4) is 0 Å². The van der Waals surface area contributed by atoms with Gasteiger partial charge in [-0.05, 0) is 42.8 Å². The van der Waals surface area contributed by atoms with Crippen molar-refractivity contribution in [2.45, 2.75) is 13.5 Å². The number of benzene rings is 1. The number of allylic oxidation sites excluding steroid dienone is 1. The molecule has 22 heavy (non-hydrogen) atoms. The van der Waals surface area contributed by atoms with Crippen LogP contribution in [0.25, 0.3) is 0 Å². The molecule has 1 heterocycles. The standard InChI is InChI=1S/C17H17N3O2/c1-2-4-16(21)19-11-13-6-8-15(9-7-13)20-17(22)14-5-3-10-18-12-14/h2-10,12H,11H2,1H3,(H,19,21)(H,20,22)/b4-2+. The second-order valence-corrected chi connectivity index (χ2v) is 4.61. The highest BCUT2D eigenvalue weighted by Gasteiger charge is 2.05. The monoisotopic (exact) mass is 295 g/mol. The van der Waals surface area contributed by atoms with E-state index in [1.807, 2.05) is 12.1 Å². The van der Waals surface area contributed by atoms with E-state index < -0.39 is 0 Å². The van der Waals surface area contributed by atoms with Crippen LogP contribution >= 0.6 is 0 Å². The van der Waals surface area contributed by atoms with Crippen LogP contribution in [0, 0.1) is 0 Å². The van der Waals surface area contributed by atoms with Crippen molar-refractivity contribution in [3.63, 3.8) is 0 Å². The van der Waals surface area contributed by atoms with Gasteiger partial charge in [-0.25, -0.2) is 0 Å². The first-order valence-corrected chi connectivity index (χ1v) is 6.90. The molecule has 1 aromatic heterocycles. The van der Waals surface area contributed by atoms with Gasteiger partial charge >= 0.3 is 0 Å². The van der Waals surface area contributed by atoms with Crippen molar-refractivity contribution in [2.24, 2.45) is 0 Å². The summed E-state index contributed by atoms with van der Waals surface area (Å²) in [5.41, 5.74) is 2.15. The number of anilines is 1. The van der Waals surface area contributed by atoms with E-state index in [1.54, 1.807) is 43.5 Å². The lowest BCUT2D eigenvalue weighted by atomic mass is 10.2. The summed E-state index contributed by atoms with van der Waals surface area (Å²) in [6, 6.07) is 10.7. The summed E-state index contributed by atoms with van der Waals surface area (Å²) in [6.45, 7) is 2.24. The SMILES string of the molecule is C/C=C/C(=O)NCc1ccc(NC(=O)c2cccnc2)cc1. The van der Waals surface area contributed by atoms with Gasteiger partial charge < -0.3 is 10.6 Å². The number of pyridine rings is 1. The van der Waals surface area contributed by atoms with E-state index in [0.29, 0.717) is 17.8 Å². The quantitative estimate of drug-likeness (QED) is 0.833. The smallest absolute Gasteiger partial charge is 0.257 e. The third-order valence-corrected chi connectivity index (χ3v) is 2.92. The van der Waals surface area contributed by atoms with E-state index in [2.05, 4.69) is 15.6 Å². The summed E-state index contributed by atoms with van der Waals surface area (Å²) in [7, 11) is 0. The van der Waals surface area contributed by atoms with Gasteiger partial charge in [0.1, 0.15) is 0 Å². The van der Waals surface area contributed by atoms with Crippen molar-refractivity contribution < 1.29 is 9.59 Å². The Morgan fingerprint density at radius 1 is 1.18 bits per heavy atom. The molecule has 2 amide bonds. The zero-order valence-corrected chi connectivity index (χ0v) is 12.2. The van der Waals surface area contributed by atoms with Crippen molar-refractivity contribution >= 4 is 17.5 Å². The van der Waals surface area contributed by atoms with E-state index >= 15 is 0 Å². The summed E-state index contributed by atoms with van der Waals surface area (Å²) in [5, 5.41) is 5.56. The van der Waals surface area contributed by atoms with Crippen LogP contribution in [0.1, 0.15) is 22.8 Å². The normalized spacial score (nSPS) is 10.4. The third kappa shape index (κ3) is 4.56. The highest BCUT2D eigenvalue weighted by molar-refractivity contribution is 6.04. The number of amides is 2. The molecule has 0 aliphatic carbocycles. The average Bonchev–Trinajstić information content (AvgIpc) is 2.55. The van der Waals surface area contributed by atoms with Gasteiger partial charge in [-0.2, -0.15) is 0 Å². The molecular weight excluding hydrogens is 278 g/mol. The summed E-state index contributed by atoms with van der Waals surface area (Å²) in [4.78, 5) is 27.2. The fourth-order valence-corrected chi connectivity index (χ4v) is 1.81. The molecule has 112 valence electrons. The Morgan fingerprint density at radius 3 is 2.59 bits per heavy atom. The molecule has 5 nitrogen and oxygen atoms in total. The first-order valence-electron chi connectivity index (χ1n) is 6.90. The third-order valence-electron chi connectivity index (χ3n) is 2.92. The van der Waals surface area contributed by atoms with Crippen molar-refractivity contribution in [2.75, 3.05) is 5.32 Å². The maximum atomic E-state index is 12.0. The fourth-order valence-electron chi connectivity index (χ4n) is 1.81. The lowest BCUT2D eigenvalue weighted by Gasteiger charge is -2.07. The van der Waals surface area contributed by atoms with Gasteiger partial charge in [0, 0.05) is 24.6 Å². The van der Waals surface area contributed by atoms with E-state index in [4.69, 9.17) is 0 Å². The molecule has 0 saturated carbocycles. The predicted molar refractivity (Wildman–Crippen MR) is 85.3 cm³/mol. The van der Waals surface area contributed by atoms with Crippen molar-refractivity contribution in [1.29, 1.82) is 0 Å². The molecule has 0 bridgehead atoms. The summed E-state index contributed by atoms with van der Waals surface area (Å²) < 4.78 is 0. The summed E-state index contributed by atoms with van der Waals surface area (Å²) >= 11 is 0. The van der Waals surface area contributed by atoms with Gasteiger partial charge in [0.2, 0.25) is 5.91 Å². The lowest BCUT2D eigenvalue weighted by molar-refractivity contribution is -0.116. The van der Waals surface area contributed by atoms with Gasteiger partial charge in [-0.1, -0.05) is 18.2 Å². The maximum Gasteiger partial charge on any atom is 0.257 e. The van der Waals surface area contributed by atoms with Gasteiger partial charge in [0.15, 0.2) is 0 Å². The Morgan fingerprint density at radius 2 is 1.95 bits per heavy atom. The van der Waals surface area contributed by atoms with E-state index in [0.717, 1.165) is 5.56 Å². The molecule has 0 aliphatic heterocycles. The van der Waals surface area contributed by atoms with Gasteiger partial charge in [0.05, 0.1) is 5.56 Å². The molecule has 0 aliphatic rings. The van der Waals surface area contributed by atoms with Gasteiger partial charge in [0.25, 0.3) is 5.91 Å². The minimum absolute atomic E-state index is 0.128. The van der Waals surface area contributed by atoms with Crippen LogP contribution in [0.5, 0.6) is 0 Å². The van der Waals surface area contributed by atoms with E-state index in [1.165, 1.54) is 12.3 Å². The Hall–Kier alpha value is -2.95. The zero-order chi connectivity index (χ0) is 15.8. The minimum atomic E-state index is -0.206. The molecule has 0 saturated heterocycles. The van der Waals surface area contributed by atoms with Gasteiger partial charge in [-0.15, -0.1) is 0 Å². The second kappa shape index (κ2) is 7.73. The first-order chi connectivity index (χ1) is 10.7. The molecule has 0 unspecified atom stereocenters. The summed E-state index contributed by atoms with van der Waals surface area (Å²) in [6.07, 6.45) is 6.29. The average molecular weight is 295 g/mol. The number of carbonyl (C=O) groups is 2. The molecule has 0 radical (unpaired) electrons. The topological polar surface area (TPSA) is 71.1 Å². The number of hydrogen-bond donors (Lipinski definition) is 2. The molecule has 2 N–H and O–H groups in total. The molecule has 5 heteroatoms. The molecule has 0 fully saturated rings. The zero-order valence-electron chi connectivity index (χ0n) is 12.2. The van der Waals surface area contributed by atoms with Crippen LogP contribution < -0.4 is 10.6 Å². The largest absolute Gasteiger partial charge is 0.348 e. The highest BCUT2D eigenvalue weighted by atomic mass is 16.2. The first kappa shape index (κ1) is 15.4. The van der Waals surface area contributed by atoms with Crippen LogP contribution in [0.4, 0.5) is 5.69 Å². The molecule has 2 aromatic rings. The number of carbonyl (C=O) groups excluding carboxylic acids is 2. The predicted octanol–water partition coefficient (Wildman–Crippen LogP) is 2.53. The second-order valence-electron chi connectivity index (χ2n) is 4.61. The Labute approximate surface area is 129 Å². The lowest BCUT2D eigenvalue weighted by Crippen LogP contribution is -2.20. The number of hydrogen-bond acceptors (Lipinski definition) is 3. The Balaban J connectivity index is 1.92. The van der Waals surface area contributed by atoms with E-state index in [-0.39, 0.29) is 11.8 Å².